The summed E-state index contributed by atoms with van der Waals surface area (Å²) in [6.45, 7) is 0.403. The summed E-state index contributed by atoms with van der Waals surface area (Å²) in [5, 5.41) is 1.06. The van der Waals surface area contributed by atoms with Crippen molar-refractivity contribution in [1.29, 1.82) is 0 Å². The maximum Gasteiger partial charge on any atom is 0.214 e. The third kappa shape index (κ3) is 3.60. The summed E-state index contributed by atoms with van der Waals surface area (Å²) in [7, 11) is 0. The summed E-state index contributed by atoms with van der Waals surface area (Å²) in [6.07, 6.45) is 0. The Hall–Kier alpha value is -0.770. The van der Waals surface area contributed by atoms with E-state index in [1.807, 2.05) is 18.2 Å². The second-order valence-electron chi connectivity index (χ2n) is 3.34. The standard InChI is InChI=1S/C12H8BrCl2NO/c13-11-2-1-3-12(16-11)17-7-8-4-5-9(14)10(15)6-8/h1-6H,7H2. The van der Waals surface area contributed by atoms with Crippen LogP contribution in [-0.2, 0) is 6.61 Å². The molecule has 0 fully saturated rings. The average Bonchev–Trinajstić information content (AvgIpc) is 2.31. The molecular weight excluding hydrogens is 325 g/mol. The molecule has 2 aromatic rings. The average molecular weight is 333 g/mol. The summed E-state index contributed by atoms with van der Waals surface area (Å²) < 4.78 is 6.26. The Kier molecular flexibility index (Phi) is 4.26. The molecule has 88 valence electrons. The van der Waals surface area contributed by atoms with Gasteiger partial charge in [0, 0.05) is 6.07 Å². The first-order valence-corrected chi connectivity index (χ1v) is 6.39. The van der Waals surface area contributed by atoms with E-state index in [0.29, 0.717) is 22.5 Å². The third-order valence-electron chi connectivity index (χ3n) is 2.06. The zero-order valence-corrected chi connectivity index (χ0v) is 11.8. The molecule has 5 heteroatoms. The van der Waals surface area contributed by atoms with Gasteiger partial charge in [-0.05, 0) is 39.7 Å². The lowest BCUT2D eigenvalue weighted by molar-refractivity contribution is 0.293. The third-order valence-corrected chi connectivity index (χ3v) is 3.24. The van der Waals surface area contributed by atoms with E-state index in [1.165, 1.54) is 0 Å². The number of halogens is 3. The quantitative estimate of drug-likeness (QED) is 0.758. The number of hydrogen-bond acceptors (Lipinski definition) is 2. The normalized spacial score (nSPS) is 10.3. The molecule has 1 heterocycles. The molecule has 0 unspecified atom stereocenters. The zero-order valence-electron chi connectivity index (χ0n) is 8.66. The lowest BCUT2D eigenvalue weighted by Crippen LogP contribution is -1.97. The predicted octanol–water partition coefficient (Wildman–Crippen LogP) is 4.73. The number of nitrogens with zero attached hydrogens (tertiary/aromatic N) is 1. The number of hydrogen-bond donors (Lipinski definition) is 0. The van der Waals surface area contributed by atoms with E-state index < -0.39 is 0 Å². The van der Waals surface area contributed by atoms with Crippen LogP contribution in [0.3, 0.4) is 0 Å². The van der Waals surface area contributed by atoms with Crippen LogP contribution >= 0.6 is 39.1 Å². The zero-order chi connectivity index (χ0) is 12.3. The van der Waals surface area contributed by atoms with Crippen LogP contribution in [0.2, 0.25) is 10.0 Å². The molecule has 1 aromatic heterocycles. The molecule has 0 N–H and O–H groups in total. The Bertz CT molecular complexity index is 534. The van der Waals surface area contributed by atoms with E-state index in [9.17, 15) is 0 Å². The van der Waals surface area contributed by atoms with Gasteiger partial charge in [0.05, 0.1) is 10.0 Å². The highest BCUT2D eigenvalue weighted by molar-refractivity contribution is 9.10. The van der Waals surface area contributed by atoms with Crippen LogP contribution in [-0.4, -0.2) is 4.98 Å². The Balaban J connectivity index is 2.05. The van der Waals surface area contributed by atoms with Crippen LogP contribution in [0.15, 0.2) is 41.0 Å². The molecule has 2 rings (SSSR count). The maximum absolute atomic E-state index is 5.91. The van der Waals surface area contributed by atoms with Gasteiger partial charge in [0.2, 0.25) is 5.88 Å². The van der Waals surface area contributed by atoms with Crippen LogP contribution in [0.1, 0.15) is 5.56 Å². The van der Waals surface area contributed by atoms with Crippen LogP contribution in [0.25, 0.3) is 0 Å². The van der Waals surface area contributed by atoms with Crippen molar-refractivity contribution in [3.63, 3.8) is 0 Å². The van der Waals surface area contributed by atoms with Crippen molar-refractivity contribution < 1.29 is 4.74 Å². The highest BCUT2D eigenvalue weighted by atomic mass is 79.9. The van der Waals surface area contributed by atoms with Crippen LogP contribution in [0, 0.1) is 0 Å². The molecule has 0 spiro atoms. The van der Waals surface area contributed by atoms with E-state index in [-0.39, 0.29) is 0 Å². The van der Waals surface area contributed by atoms with E-state index in [1.54, 1.807) is 18.2 Å². The van der Waals surface area contributed by atoms with Crippen molar-refractivity contribution in [2.75, 3.05) is 0 Å². The lowest BCUT2D eigenvalue weighted by Gasteiger charge is -2.06. The first kappa shape index (κ1) is 12.7. The van der Waals surface area contributed by atoms with Crippen molar-refractivity contribution in [3.8, 4) is 5.88 Å². The summed E-state index contributed by atoms with van der Waals surface area (Å²) in [6, 6.07) is 10.9. The summed E-state index contributed by atoms with van der Waals surface area (Å²) in [5.74, 6) is 0.561. The Labute approximate surface area is 118 Å². The first-order chi connectivity index (χ1) is 8.15. The Morgan fingerprint density at radius 2 is 1.94 bits per heavy atom. The molecule has 0 aliphatic rings. The fourth-order valence-corrected chi connectivity index (χ4v) is 1.90. The molecule has 17 heavy (non-hydrogen) atoms. The fraction of sp³-hybridized carbons (Fsp3) is 0.0833. The van der Waals surface area contributed by atoms with Gasteiger partial charge in [-0.1, -0.05) is 35.3 Å². The first-order valence-electron chi connectivity index (χ1n) is 4.84. The Morgan fingerprint density at radius 3 is 2.65 bits per heavy atom. The highest BCUT2D eigenvalue weighted by Gasteiger charge is 2.01. The molecule has 0 radical (unpaired) electrons. The molecular formula is C12H8BrCl2NO. The number of ether oxygens (including phenoxy) is 1. The van der Waals surface area contributed by atoms with Gasteiger partial charge in [0.15, 0.2) is 0 Å². The van der Waals surface area contributed by atoms with Gasteiger partial charge in [-0.25, -0.2) is 4.98 Å². The van der Waals surface area contributed by atoms with Crippen molar-refractivity contribution >= 4 is 39.1 Å². The number of rotatable bonds is 3. The highest BCUT2D eigenvalue weighted by Crippen LogP contribution is 2.23. The van der Waals surface area contributed by atoms with Crippen LogP contribution in [0.5, 0.6) is 5.88 Å². The second kappa shape index (κ2) is 5.71. The molecule has 0 amide bonds. The van der Waals surface area contributed by atoms with E-state index >= 15 is 0 Å². The largest absolute Gasteiger partial charge is 0.473 e. The van der Waals surface area contributed by atoms with Gasteiger partial charge in [-0.3, -0.25) is 0 Å². The minimum absolute atomic E-state index is 0.403. The molecule has 0 aliphatic carbocycles. The molecule has 2 nitrogen and oxygen atoms in total. The minimum Gasteiger partial charge on any atom is -0.473 e. The van der Waals surface area contributed by atoms with Crippen LogP contribution < -0.4 is 4.74 Å². The molecule has 0 bridgehead atoms. The van der Waals surface area contributed by atoms with Crippen LogP contribution in [0.4, 0.5) is 0 Å². The monoisotopic (exact) mass is 331 g/mol. The number of benzene rings is 1. The fourth-order valence-electron chi connectivity index (χ4n) is 1.26. The Morgan fingerprint density at radius 1 is 1.12 bits per heavy atom. The van der Waals surface area contributed by atoms with Crippen molar-refractivity contribution in [2.24, 2.45) is 0 Å². The summed E-state index contributed by atoms with van der Waals surface area (Å²) >= 11 is 15.0. The predicted molar refractivity (Wildman–Crippen MR) is 72.7 cm³/mol. The molecule has 0 aliphatic heterocycles. The van der Waals surface area contributed by atoms with E-state index in [0.717, 1.165) is 10.2 Å². The van der Waals surface area contributed by atoms with Crippen molar-refractivity contribution in [1.82, 2.24) is 4.98 Å². The van der Waals surface area contributed by atoms with E-state index in [2.05, 4.69) is 20.9 Å². The number of pyridine rings is 1. The van der Waals surface area contributed by atoms with Gasteiger partial charge in [-0.2, -0.15) is 0 Å². The smallest absolute Gasteiger partial charge is 0.214 e. The maximum atomic E-state index is 5.91. The lowest BCUT2D eigenvalue weighted by atomic mass is 10.2. The molecule has 1 aromatic carbocycles. The summed E-state index contributed by atoms with van der Waals surface area (Å²) in [5.41, 5.74) is 0.946. The van der Waals surface area contributed by atoms with E-state index in [4.69, 9.17) is 27.9 Å². The SMILES string of the molecule is Clc1ccc(COc2cccc(Br)n2)cc1Cl. The van der Waals surface area contributed by atoms with Gasteiger partial charge in [0.1, 0.15) is 11.2 Å². The van der Waals surface area contributed by atoms with Gasteiger partial charge >= 0.3 is 0 Å². The van der Waals surface area contributed by atoms with Crippen molar-refractivity contribution in [3.05, 3.63) is 56.6 Å². The van der Waals surface area contributed by atoms with Gasteiger partial charge in [0.25, 0.3) is 0 Å². The molecule has 0 saturated carbocycles. The number of aromatic nitrogens is 1. The molecule has 0 saturated heterocycles. The molecule has 0 atom stereocenters. The minimum atomic E-state index is 0.403. The van der Waals surface area contributed by atoms with Crippen molar-refractivity contribution in [2.45, 2.75) is 6.61 Å². The second-order valence-corrected chi connectivity index (χ2v) is 4.96. The van der Waals surface area contributed by atoms with Gasteiger partial charge < -0.3 is 4.74 Å². The summed E-state index contributed by atoms with van der Waals surface area (Å²) in [4.78, 5) is 4.16. The topological polar surface area (TPSA) is 22.1 Å². The van der Waals surface area contributed by atoms with Gasteiger partial charge in [-0.15, -0.1) is 0 Å².